The molecule has 3 aliphatic rings. The highest BCUT2D eigenvalue weighted by Gasteiger charge is 2.41. The average molecular weight is 874 g/mol. The number of nitrogens with zero attached hydrogens (tertiary/aromatic N) is 7. The van der Waals surface area contributed by atoms with Gasteiger partial charge in [0.05, 0.1) is 28.9 Å². The summed E-state index contributed by atoms with van der Waals surface area (Å²) in [5.41, 5.74) is 8.20. The first-order valence-electron chi connectivity index (χ1n) is 20.8. The zero-order chi connectivity index (χ0) is 43.8. The zero-order valence-corrected chi connectivity index (χ0v) is 37.2. The second-order valence-electron chi connectivity index (χ2n) is 17.3. The number of amides is 3. The number of hydrazine groups is 1. The van der Waals surface area contributed by atoms with Crippen LogP contribution in [0.4, 0.5) is 0 Å². The molecule has 3 aromatic heterocycles. The lowest BCUT2D eigenvalue weighted by atomic mass is 9.84. The Hall–Kier alpha value is -5.04. The van der Waals surface area contributed by atoms with Gasteiger partial charge in [-0.2, -0.15) is 4.31 Å². The molecule has 0 radical (unpaired) electrons. The average Bonchev–Trinajstić information content (AvgIpc) is 4.00. The van der Waals surface area contributed by atoms with Crippen LogP contribution in [0, 0.1) is 17.3 Å². The van der Waals surface area contributed by atoms with Gasteiger partial charge in [-0.3, -0.25) is 24.2 Å². The Labute approximate surface area is 360 Å². The smallest absolute Gasteiger partial charge is 0.324 e. The van der Waals surface area contributed by atoms with Gasteiger partial charge >= 0.3 is 5.97 Å². The molecule has 0 saturated carbocycles. The van der Waals surface area contributed by atoms with Gasteiger partial charge in [0.1, 0.15) is 24.5 Å². The van der Waals surface area contributed by atoms with Crippen molar-refractivity contribution in [3.63, 3.8) is 0 Å². The van der Waals surface area contributed by atoms with Crippen LogP contribution in [0.25, 0.3) is 33.4 Å². The van der Waals surface area contributed by atoms with Gasteiger partial charge in [0.2, 0.25) is 21.8 Å². The summed E-state index contributed by atoms with van der Waals surface area (Å²) in [5, 5.41) is 8.81. The molecule has 7 rings (SSSR count). The third-order valence-electron chi connectivity index (χ3n) is 11.9. The van der Waals surface area contributed by atoms with Crippen LogP contribution in [0.2, 0.25) is 0 Å². The number of hydrogen-bond acceptors (Lipinski definition) is 12. The molecule has 326 valence electrons. The second kappa shape index (κ2) is 17.7. The molecule has 0 aliphatic carbocycles. The van der Waals surface area contributed by atoms with Gasteiger partial charge in [0.25, 0.3) is 5.91 Å². The Balaban J connectivity index is 1.24. The number of esters is 1. The summed E-state index contributed by atoms with van der Waals surface area (Å²) in [6.45, 7) is 14.5. The van der Waals surface area contributed by atoms with Crippen molar-refractivity contribution in [2.45, 2.75) is 91.4 Å². The van der Waals surface area contributed by atoms with Crippen molar-refractivity contribution >= 4 is 56.0 Å². The number of cyclic esters (lactones) is 1. The molecule has 16 nitrogen and oxygen atoms in total. The number of nitrogens with one attached hydrogen (secondary N) is 2. The molecule has 0 spiro atoms. The molecule has 1 aromatic carbocycles. The van der Waals surface area contributed by atoms with Crippen molar-refractivity contribution < 1.29 is 32.3 Å². The summed E-state index contributed by atoms with van der Waals surface area (Å²) in [6.07, 6.45) is 7.05. The number of rotatable bonds is 9. The molecule has 0 unspecified atom stereocenters. The van der Waals surface area contributed by atoms with Crippen LogP contribution in [0.5, 0.6) is 0 Å². The maximum Gasteiger partial charge on any atom is 0.324 e. The Kier molecular flexibility index (Phi) is 12.8. The molecule has 61 heavy (non-hydrogen) atoms. The lowest BCUT2D eigenvalue weighted by Gasteiger charge is -2.36. The summed E-state index contributed by atoms with van der Waals surface area (Å²) in [5.74, 6) is -2.83. The summed E-state index contributed by atoms with van der Waals surface area (Å²) < 4.78 is 34.4. The van der Waals surface area contributed by atoms with E-state index in [1.165, 1.54) is 38.9 Å². The third-order valence-corrected chi connectivity index (χ3v) is 14.2. The van der Waals surface area contributed by atoms with E-state index in [1.807, 2.05) is 37.7 Å². The topological polar surface area (TPSA) is 189 Å². The summed E-state index contributed by atoms with van der Waals surface area (Å²) >= 11 is 1.38. The fourth-order valence-corrected chi connectivity index (χ4v) is 10.6. The lowest BCUT2D eigenvalue weighted by Crippen LogP contribution is -2.62. The third kappa shape index (κ3) is 9.13. The van der Waals surface area contributed by atoms with Crippen LogP contribution in [0.3, 0.4) is 0 Å². The number of aromatic nitrogens is 4. The fraction of sp³-hybridized carbons (Fsp3) is 0.512. The number of aryl methyl sites for hydroxylation is 1. The number of thiazole rings is 1. The largest absolute Gasteiger partial charge is 0.464 e. The molecule has 4 atom stereocenters. The summed E-state index contributed by atoms with van der Waals surface area (Å²) in [7, 11) is -2.17. The van der Waals surface area contributed by atoms with E-state index in [1.54, 1.807) is 0 Å². The van der Waals surface area contributed by atoms with Crippen molar-refractivity contribution in [3.8, 4) is 22.5 Å². The Morgan fingerprint density at radius 3 is 2.61 bits per heavy atom. The maximum atomic E-state index is 14.5. The number of sulfonamides is 1. The first-order chi connectivity index (χ1) is 29.0. The highest BCUT2D eigenvalue weighted by atomic mass is 32.2. The van der Waals surface area contributed by atoms with E-state index in [4.69, 9.17) is 9.72 Å². The van der Waals surface area contributed by atoms with Crippen LogP contribution in [-0.4, -0.2) is 117 Å². The first-order valence-corrected chi connectivity index (χ1v) is 23.2. The lowest BCUT2D eigenvalue weighted by molar-refractivity contribution is -0.155. The van der Waals surface area contributed by atoms with Gasteiger partial charge in [-0.05, 0) is 56.2 Å². The van der Waals surface area contributed by atoms with Gasteiger partial charge in [-0.15, -0.1) is 11.3 Å². The molecule has 3 aliphatic heterocycles. The molecular weight excluding hydrogens is 819 g/mol. The Morgan fingerprint density at radius 2 is 1.90 bits per heavy atom. The normalized spacial score (nSPS) is 21.8. The molecule has 18 heteroatoms. The van der Waals surface area contributed by atoms with Crippen molar-refractivity contribution in [1.29, 1.82) is 0 Å². The molecular formula is C43H55N9O7S2. The van der Waals surface area contributed by atoms with E-state index in [2.05, 4.69) is 64.8 Å². The minimum absolute atomic E-state index is 0.0129. The number of carbonyl (C=O) groups is 4. The second-order valence-corrected chi connectivity index (χ2v) is 20.1. The number of carbonyl (C=O) groups excluding carboxylic acids is 4. The van der Waals surface area contributed by atoms with Crippen LogP contribution < -0.4 is 10.7 Å². The van der Waals surface area contributed by atoms with Gasteiger partial charge in [-0.25, -0.2) is 28.8 Å². The number of ether oxygens (including phenoxy) is 1. The first kappa shape index (κ1) is 44.0. The molecule has 4 aromatic rings. The highest BCUT2D eigenvalue weighted by molar-refractivity contribution is 7.92. The number of benzene rings is 1. The van der Waals surface area contributed by atoms with E-state index in [0.29, 0.717) is 43.8 Å². The molecule has 6 heterocycles. The number of likely N-dealkylation sites (N-methyl/N-ethyl adjacent to an activating group) is 1. The number of fused-ring (bicyclic) bond motifs is 6. The van der Waals surface area contributed by atoms with Gasteiger partial charge in [0, 0.05) is 90.3 Å². The van der Waals surface area contributed by atoms with Crippen LogP contribution >= 0.6 is 11.3 Å². The molecule has 6 bridgehead atoms. The minimum Gasteiger partial charge on any atom is -0.464 e. The minimum atomic E-state index is -3.70. The van der Waals surface area contributed by atoms with Crippen molar-refractivity contribution in [2.75, 3.05) is 33.3 Å². The zero-order valence-electron chi connectivity index (χ0n) is 35.6. The standard InChI is InChI=1S/C43H55N9O7S2/c1-8-51-35-13-12-27-17-30(35)31(38(51)29-20-44-25-45-21-29)19-43(5,6)24-59-42(56)32-11-10-15-52(48-32)41(55)33(18-36-46-34(27)23-60-36)47-39(53)37(26(3)4)49(7)40(54)28-14-16-50(22-28)61(57,58)9-2/h9,12-13,17,20-21,23,25-26,28,32-33,37,48H,2,8,10-11,14-16,18-19,22,24H2,1,3-7H3,(H,47,53)/t28-,32+,33+,37+/m1/s1. The quantitative estimate of drug-likeness (QED) is 0.230. The van der Waals surface area contributed by atoms with Gasteiger partial charge in [-0.1, -0.05) is 40.3 Å². The van der Waals surface area contributed by atoms with Crippen LogP contribution in [0.1, 0.15) is 64.5 Å². The van der Waals surface area contributed by atoms with E-state index in [-0.39, 0.29) is 37.9 Å². The van der Waals surface area contributed by atoms with Crippen LogP contribution in [0.15, 0.2) is 54.3 Å². The SMILES string of the molecule is C=CS(=O)(=O)N1CC[C@@H](C(=O)N(C)[C@H](C(=O)N[C@H]2Cc3nc(cs3)-c3ccc4c(c3)c(c(-c3cncnc3)n4CC)CC(C)(C)COC(=O)[C@@H]3CCCN(N3)C2=O)C(C)C)C1. The predicted molar refractivity (Wildman–Crippen MR) is 232 cm³/mol. The summed E-state index contributed by atoms with van der Waals surface area (Å²) in [4.78, 5) is 71.4. The van der Waals surface area contributed by atoms with E-state index < -0.39 is 57.3 Å². The number of hydrogen-bond donors (Lipinski definition) is 2. The van der Waals surface area contributed by atoms with E-state index in [9.17, 15) is 27.6 Å². The Bertz CT molecular complexity index is 2430. The Morgan fingerprint density at radius 1 is 1.15 bits per heavy atom. The highest BCUT2D eigenvalue weighted by Crippen LogP contribution is 2.40. The van der Waals surface area contributed by atoms with Gasteiger partial charge < -0.3 is 19.5 Å². The molecule has 3 amide bonds. The fourth-order valence-electron chi connectivity index (χ4n) is 8.83. The molecule has 2 fully saturated rings. The van der Waals surface area contributed by atoms with Crippen molar-refractivity contribution in [3.05, 3.63) is 64.9 Å². The van der Waals surface area contributed by atoms with Crippen molar-refractivity contribution in [1.82, 2.24) is 44.5 Å². The van der Waals surface area contributed by atoms with Crippen LogP contribution in [-0.2, 0) is 53.3 Å². The summed E-state index contributed by atoms with van der Waals surface area (Å²) in [6, 6.07) is 3.38. The van der Waals surface area contributed by atoms with Gasteiger partial charge in [0.15, 0.2) is 0 Å². The van der Waals surface area contributed by atoms with Crippen molar-refractivity contribution in [2.24, 2.45) is 17.3 Å². The maximum absolute atomic E-state index is 14.5. The molecule has 2 saturated heterocycles. The predicted octanol–water partition coefficient (Wildman–Crippen LogP) is 4.17. The van der Waals surface area contributed by atoms with E-state index >= 15 is 0 Å². The monoisotopic (exact) mass is 873 g/mol. The molecule has 2 N–H and O–H groups in total. The van der Waals surface area contributed by atoms with E-state index in [0.717, 1.165) is 44.4 Å².